The van der Waals surface area contributed by atoms with Crippen molar-refractivity contribution in [3.63, 3.8) is 0 Å². The maximum absolute atomic E-state index is 10.3. The molecule has 4 aliphatic rings. The Morgan fingerprint density at radius 3 is 2.22 bits per heavy atom. The lowest BCUT2D eigenvalue weighted by molar-refractivity contribution is -0.0528. The Morgan fingerprint density at radius 1 is 0.875 bits per heavy atom. The number of fused-ring (bicyclic) bond motifs is 5. The maximum Gasteiger partial charge on any atom is 0.0577 e. The van der Waals surface area contributed by atoms with Crippen LogP contribution in [0.2, 0.25) is 0 Å². The first-order valence-corrected chi connectivity index (χ1v) is 14.5. The monoisotopic (exact) mass is 442 g/mol. The van der Waals surface area contributed by atoms with Crippen molar-refractivity contribution < 1.29 is 5.11 Å². The second-order valence-corrected chi connectivity index (χ2v) is 14.0. The highest BCUT2D eigenvalue weighted by molar-refractivity contribution is 5.25. The lowest BCUT2D eigenvalue weighted by Crippen LogP contribution is -2.50. The van der Waals surface area contributed by atoms with Crippen LogP contribution in [-0.2, 0) is 0 Å². The van der Waals surface area contributed by atoms with Crippen LogP contribution < -0.4 is 0 Å². The highest BCUT2D eigenvalue weighted by Gasteiger charge is 2.58. The first-order valence-electron chi connectivity index (χ1n) is 14.5. The fourth-order valence-corrected chi connectivity index (χ4v) is 9.06. The molecule has 7 unspecified atom stereocenters. The number of hydrogen-bond donors (Lipinski definition) is 1. The van der Waals surface area contributed by atoms with Crippen LogP contribution in [0.25, 0.3) is 0 Å². The SMILES string of the molecule is CC(C)CCC(CCC(C)C)CC1CCC2C3CC=C4CC(O)CCC4(C)C3CCC12C. The van der Waals surface area contributed by atoms with Gasteiger partial charge in [-0.2, -0.15) is 0 Å². The van der Waals surface area contributed by atoms with E-state index in [4.69, 9.17) is 0 Å². The molecule has 0 aromatic carbocycles. The summed E-state index contributed by atoms with van der Waals surface area (Å²) in [7, 11) is 0. The summed E-state index contributed by atoms with van der Waals surface area (Å²) in [6, 6.07) is 0. The molecule has 0 saturated heterocycles. The summed E-state index contributed by atoms with van der Waals surface area (Å²) in [5, 5.41) is 10.3. The highest BCUT2D eigenvalue weighted by Crippen LogP contribution is 2.67. The molecule has 0 radical (unpaired) electrons. The molecule has 0 heterocycles. The normalized spacial score (nSPS) is 41.6. The van der Waals surface area contributed by atoms with E-state index in [1.165, 1.54) is 70.6 Å². The van der Waals surface area contributed by atoms with Gasteiger partial charge in [0.1, 0.15) is 0 Å². The van der Waals surface area contributed by atoms with E-state index in [2.05, 4.69) is 47.6 Å². The molecule has 1 N–H and O–H groups in total. The van der Waals surface area contributed by atoms with Crippen molar-refractivity contribution in [2.45, 2.75) is 131 Å². The van der Waals surface area contributed by atoms with Crippen molar-refractivity contribution in [2.24, 2.45) is 52.3 Å². The average molecular weight is 443 g/mol. The van der Waals surface area contributed by atoms with E-state index in [1.807, 2.05) is 0 Å². The first-order chi connectivity index (χ1) is 15.1. The molecule has 1 nitrogen and oxygen atoms in total. The second-order valence-electron chi connectivity index (χ2n) is 14.0. The summed E-state index contributed by atoms with van der Waals surface area (Å²) in [6.45, 7) is 14.9. The topological polar surface area (TPSA) is 20.2 Å². The zero-order valence-electron chi connectivity index (χ0n) is 22.3. The van der Waals surface area contributed by atoms with Crippen LogP contribution in [0.3, 0.4) is 0 Å². The minimum absolute atomic E-state index is 0.0794. The molecule has 3 fully saturated rings. The van der Waals surface area contributed by atoms with Crippen molar-refractivity contribution in [1.82, 2.24) is 0 Å². The fourth-order valence-electron chi connectivity index (χ4n) is 9.06. The Bertz CT molecular complexity index is 649. The van der Waals surface area contributed by atoms with Gasteiger partial charge in [0.25, 0.3) is 0 Å². The molecule has 0 amide bonds. The number of hydrogen-bond acceptors (Lipinski definition) is 1. The van der Waals surface area contributed by atoms with E-state index < -0.39 is 0 Å². The molecule has 4 aliphatic carbocycles. The molecule has 32 heavy (non-hydrogen) atoms. The van der Waals surface area contributed by atoms with Gasteiger partial charge in [0.05, 0.1) is 6.10 Å². The van der Waals surface area contributed by atoms with E-state index in [1.54, 1.807) is 5.57 Å². The summed E-state index contributed by atoms with van der Waals surface area (Å²) in [4.78, 5) is 0. The van der Waals surface area contributed by atoms with Crippen molar-refractivity contribution in [3.05, 3.63) is 11.6 Å². The van der Waals surface area contributed by atoms with Gasteiger partial charge >= 0.3 is 0 Å². The number of rotatable bonds is 8. The molecule has 7 atom stereocenters. The van der Waals surface area contributed by atoms with Gasteiger partial charge in [0.15, 0.2) is 0 Å². The smallest absolute Gasteiger partial charge is 0.0577 e. The van der Waals surface area contributed by atoms with Gasteiger partial charge in [-0.1, -0.05) is 78.9 Å². The molecule has 0 aromatic heterocycles. The largest absolute Gasteiger partial charge is 0.393 e. The summed E-state index contributed by atoms with van der Waals surface area (Å²) in [5.74, 6) is 6.34. The van der Waals surface area contributed by atoms with Gasteiger partial charge in [0, 0.05) is 0 Å². The highest BCUT2D eigenvalue weighted by atomic mass is 16.3. The molecule has 0 spiro atoms. The first kappa shape index (κ1) is 24.8. The summed E-state index contributed by atoms with van der Waals surface area (Å²) < 4.78 is 0. The maximum atomic E-state index is 10.3. The third kappa shape index (κ3) is 4.76. The van der Waals surface area contributed by atoms with Gasteiger partial charge in [-0.25, -0.2) is 0 Å². The Morgan fingerprint density at radius 2 is 1.56 bits per heavy atom. The van der Waals surface area contributed by atoms with E-state index in [0.29, 0.717) is 10.8 Å². The quantitative estimate of drug-likeness (QED) is 0.372. The van der Waals surface area contributed by atoms with Crippen LogP contribution in [0.1, 0.15) is 125 Å². The Hall–Kier alpha value is -0.300. The summed E-state index contributed by atoms with van der Waals surface area (Å²) in [5.41, 5.74) is 2.60. The third-order valence-electron chi connectivity index (χ3n) is 11.2. The molecule has 1 heteroatoms. The Kier molecular flexibility index (Phi) is 7.56. The molecule has 3 saturated carbocycles. The third-order valence-corrected chi connectivity index (χ3v) is 11.2. The molecule has 0 aromatic rings. The van der Waals surface area contributed by atoms with Crippen molar-refractivity contribution in [2.75, 3.05) is 0 Å². The van der Waals surface area contributed by atoms with E-state index >= 15 is 0 Å². The molecule has 184 valence electrons. The second kappa shape index (κ2) is 9.75. The molecule has 0 aliphatic heterocycles. The van der Waals surface area contributed by atoms with Crippen molar-refractivity contribution in [3.8, 4) is 0 Å². The Labute approximate surface area is 200 Å². The summed E-state index contributed by atoms with van der Waals surface area (Å²) in [6.07, 6.45) is 20.2. The van der Waals surface area contributed by atoms with E-state index in [9.17, 15) is 5.11 Å². The predicted molar refractivity (Wildman–Crippen MR) is 137 cm³/mol. The fraction of sp³-hybridized carbons (Fsp3) is 0.935. The van der Waals surface area contributed by atoms with Gasteiger partial charge in [0.2, 0.25) is 0 Å². The van der Waals surface area contributed by atoms with Crippen LogP contribution in [0, 0.1) is 52.3 Å². The van der Waals surface area contributed by atoms with E-state index in [0.717, 1.165) is 54.3 Å². The van der Waals surface area contributed by atoms with Crippen LogP contribution in [0.5, 0.6) is 0 Å². The minimum Gasteiger partial charge on any atom is -0.393 e. The number of allylic oxidation sites excluding steroid dienone is 1. The molecular weight excluding hydrogens is 388 g/mol. The lowest BCUT2D eigenvalue weighted by atomic mass is 9.47. The average Bonchev–Trinajstić information content (AvgIpc) is 3.06. The lowest BCUT2D eigenvalue weighted by Gasteiger charge is -2.58. The van der Waals surface area contributed by atoms with Gasteiger partial charge in [-0.05, 0) is 110 Å². The van der Waals surface area contributed by atoms with Gasteiger partial charge in [-0.15, -0.1) is 0 Å². The minimum atomic E-state index is -0.0794. The Balaban J connectivity index is 1.47. The van der Waals surface area contributed by atoms with E-state index in [-0.39, 0.29) is 6.10 Å². The van der Waals surface area contributed by atoms with Crippen molar-refractivity contribution >= 4 is 0 Å². The molecule has 0 bridgehead atoms. The molecule has 4 rings (SSSR count). The zero-order valence-corrected chi connectivity index (χ0v) is 22.3. The van der Waals surface area contributed by atoms with Gasteiger partial charge in [-0.3, -0.25) is 0 Å². The van der Waals surface area contributed by atoms with Crippen LogP contribution in [0.15, 0.2) is 11.6 Å². The number of aliphatic hydroxyl groups excluding tert-OH is 1. The van der Waals surface area contributed by atoms with Gasteiger partial charge < -0.3 is 5.11 Å². The van der Waals surface area contributed by atoms with Crippen LogP contribution >= 0.6 is 0 Å². The zero-order chi connectivity index (χ0) is 23.1. The number of aliphatic hydroxyl groups is 1. The standard InChI is InChI=1S/C31H54O/c1-21(2)7-9-23(10-8-22(3)4)19-24-12-14-28-27-13-11-25-20-26(32)15-17-30(25,5)29(27)16-18-31(24,28)6/h11,21-24,26-29,32H,7-10,12-20H2,1-6H3. The summed E-state index contributed by atoms with van der Waals surface area (Å²) >= 11 is 0. The van der Waals surface area contributed by atoms with Crippen LogP contribution in [0.4, 0.5) is 0 Å². The molecular formula is C31H54O. The van der Waals surface area contributed by atoms with Crippen molar-refractivity contribution in [1.29, 1.82) is 0 Å². The predicted octanol–water partition coefficient (Wildman–Crippen LogP) is 8.81. The van der Waals surface area contributed by atoms with Crippen LogP contribution in [-0.4, -0.2) is 11.2 Å².